The summed E-state index contributed by atoms with van der Waals surface area (Å²) in [6.45, 7) is 6.70. The first-order valence-corrected chi connectivity index (χ1v) is 12.3. The van der Waals surface area contributed by atoms with Gasteiger partial charge in [0.2, 0.25) is 0 Å². The zero-order chi connectivity index (χ0) is 23.8. The highest BCUT2D eigenvalue weighted by Gasteiger charge is 2.45. The third kappa shape index (κ3) is 6.41. The van der Waals surface area contributed by atoms with E-state index in [1.807, 2.05) is 12.1 Å². The van der Waals surface area contributed by atoms with Crippen LogP contribution in [-0.4, -0.2) is 40.1 Å². The van der Waals surface area contributed by atoms with E-state index in [1.165, 1.54) is 19.3 Å². The Morgan fingerprint density at radius 1 is 1.16 bits per heavy atom. The number of benzene rings is 1. The van der Waals surface area contributed by atoms with Crippen molar-refractivity contribution in [3.05, 3.63) is 29.3 Å². The molecule has 0 aliphatic heterocycles. The van der Waals surface area contributed by atoms with Crippen molar-refractivity contribution in [1.29, 1.82) is 0 Å². The number of hydrogen-bond acceptors (Lipinski definition) is 5. The maximum Gasteiger partial charge on any atom is 0.133 e. The van der Waals surface area contributed by atoms with Gasteiger partial charge < -0.3 is 24.9 Å². The number of aromatic hydroxyl groups is 1. The van der Waals surface area contributed by atoms with E-state index in [0.717, 1.165) is 30.4 Å². The molecule has 0 bridgehead atoms. The molecule has 32 heavy (non-hydrogen) atoms. The van der Waals surface area contributed by atoms with Crippen LogP contribution in [0.25, 0.3) is 0 Å². The summed E-state index contributed by atoms with van der Waals surface area (Å²) < 4.78 is 0. The second kappa shape index (κ2) is 11.9. The highest BCUT2D eigenvalue weighted by molar-refractivity contribution is 5.79. The van der Waals surface area contributed by atoms with Gasteiger partial charge in [-0.3, -0.25) is 0 Å². The molecule has 5 nitrogen and oxygen atoms in total. The van der Waals surface area contributed by atoms with E-state index in [-0.39, 0.29) is 36.0 Å². The highest BCUT2D eigenvalue weighted by Crippen LogP contribution is 2.49. The number of carbonyl (C=O) groups excluding carboxylic acids is 2. The van der Waals surface area contributed by atoms with Crippen molar-refractivity contribution < 1.29 is 24.9 Å². The average Bonchev–Trinajstić information content (AvgIpc) is 2.76. The minimum Gasteiger partial charge on any atom is -0.508 e. The maximum absolute atomic E-state index is 11.4. The number of hydrogen-bond donors (Lipinski definition) is 3. The molecule has 1 fully saturated rings. The van der Waals surface area contributed by atoms with Crippen molar-refractivity contribution in [2.45, 2.75) is 102 Å². The largest absolute Gasteiger partial charge is 0.508 e. The monoisotopic (exact) mass is 446 g/mol. The Morgan fingerprint density at radius 2 is 1.88 bits per heavy atom. The van der Waals surface area contributed by atoms with Gasteiger partial charge in [0.1, 0.15) is 18.3 Å². The summed E-state index contributed by atoms with van der Waals surface area (Å²) in [6, 6.07) is 5.88. The molecule has 1 aliphatic rings. The van der Waals surface area contributed by atoms with Crippen LogP contribution < -0.4 is 0 Å². The molecule has 3 unspecified atom stereocenters. The van der Waals surface area contributed by atoms with E-state index in [4.69, 9.17) is 0 Å². The number of phenols is 1. The van der Waals surface area contributed by atoms with Crippen molar-refractivity contribution in [1.82, 2.24) is 0 Å². The van der Waals surface area contributed by atoms with Gasteiger partial charge in [0.25, 0.3) is 0 Å². The minimum atomic E-state index is -1.40. The second-order valence-corrected chi connectivity index (χ2v) is 10.3. The van der Waals surface area contributed by atoms with Crippen LogP contribution in [0, 0.1) is 11.8 Å². The lowest BCUT2D eigenvalue weighted by atomic mass is 9.64. The number of aliphatic hydroxyl groups is 2. The van der Waals surface area contributed by atoms with Crippen molar-refractivity contribution >= 4 is 12.6 Å². The molecule has 0 amide bonds. The van der Waals surface area contributed by atoms with Gasteiger partial charge in [-0.15, -0.1) is 0 Å². The number of unbranched alkanes of at least 4 members (excludes halogenated alkanes) is 3. The SMILES string of the molecule is CCCCCCC(C)(C)c1ccc(C2CC(O)(C(C=O)C=O)CCC2CCCO)c(O)c1. The standard InChI is InChI=1S/C27H42O5/c1-4-5-6-7-13-26(2,3)21-10-11-23(25(31)16-21)24-17-27(32,22(18-29)19-30)14-12-20(24)9-8-15-28/h10-11,16,18-20,22,24,28,31-32H,4-9,12-15,17H2,1-3H3. The van der Waals surface area contributed by atoms with Crippen molar-refractivity contribution in [2.24, 2.45) is 11.8 Å². The van der Waals surface area contributed by atoms with Crippen molar-refractivity contribution in [3.8, 4) is 5.75 Å². The fourth-order valence-electron chi connectivity index (χ4n) is 5.35. The molecular weight excluding hydrogens is 404 g/mol. The van der Waals surface area contributed by atoms with Gasteiger partial charge in [-0.25, -0.2) is 0 Å². The van der Waals surface area contributed by atoms with Gasteiger partial charge in [-0.2, -0.15) is 0 Å². The normalized spacial score (nSPS) is 23.9. The summed E-state index contributed by atoms with van der Waals surface area (Å²) in [7, 11) is 0. The Kier molecular flexibility index (Phi) is 9.90. The summed E-state index contributed by atoms with van der Waals surface area (Å²) in [6.07, 6.45) is 9.60. The van der Waals surface area contributed by atoms with E-state index in [0.29, 0.717) is 31.8 Å². The molecule has 0 saturated heterocycles. The Hall–Kier alpha value is -1.72. The predicted molar refractivity (Wildman–Crippen MR) is 127 cm³/mol. The fourth-order valence-corrected chi connectivity index (χ4v) is 5.35. The van der Waals surface area contributed by atoms with Crippen LogP contribution in [0.15, 0.2) is 18.2 Å². The quantitative estimate of drug-likeness (QED) is 0.224. The molecule has 2 rings (SSSR count). The van der Waals surface area contributed by atoms with Gasteiger partial charge in [0, 0.05) is 6.61 Å². The third-order valence-electron chi connectivity index (χ3n) is 7.60. The fraction of sp³-hybridized carbons (Fsp3) is 0.704. The van der Waals surface area contributed by atoms with E-state index >= 15 is 0 Å². The van der Waals surface area contributed by atoms with E-state index < -0.39 is 11.5 Å². The van der Waals surface area contributed by atoms with Crippen LogP contribution in [0.4, 0.5) is 0 Å². The number of aldehydes is 2. The number of phenolic OH excluding ortho intramolecular Hbond substituents is 1. The van der Waals surface area contributed by atoms with Gasteiger partial charge in [0.05, 0.1) is 11.5 Å². The first-order chi connectivity index (χ1) is 15.2. The van der Waals surface area contributed by atoms with Gasteiger partial charge in [-0.05, 0) is 73.0 Å². The summed E-state index contributed by atoms with van der Waals surface area (Å²) in [4.78, 5) is 22.8. The molecule has 1 aromatic rings. The van der Waals surface area contributed by atoms with Crippen LogP contribution >= 0.6 is 0 Å². The van der Waals surface area contributed by atoms with Gasteiger partial charge in [0.15, 0.2) is 0 Å². The summed E-state index contributed by atoms with van der Waals surface area (Å²) in [5.41, 5.74) is 0.403. The molecular formula is C27H42O5. The number of aliphatic hydroxyl groups excluding tert-OH is 1. The molecule has 180 valence electrons. The van der Waals surface area contributed by atoms with E-state index in [9.17, 15) is 24.9 Å². The van der Waals surface area contributed by atoms with Crippen molar-refractivity contribution in [2.75, 3.05) is 6.61 Å². The topological polar surface area (TPSA) is 94.8 Å². The van der Waals surface area contributed by atoms with Crippen molar-refractivity contribution in [3.63, 3.8) is 0 Å². The Morgan fingerprint density at radius 3 is 2.47 bits per heavy atom. The van der Waals surface area contributed by atoms with Crippen LogP contribution in [0.3, 0.4) is 0 Å². The van der Waals surface area contributed by atoms with Gasteiger partial charge in [-0.1, -0.05) is 58.6 Å². The Balaban J connectivity index is 2.29. The maximum atomic E-state index is 11.4. The summed E-state index contributed by atoms with van der Waals surface area (Å²) in [5.74, 6) is -0.863. The Bertz CT molecular complexity index is 736. The number of rotatable bonds is 13. The molecule has 0 spiro atoms. The summed E-state index contributed by atoms with van der Waals surface area (Å²) in [5, 5.41) is 31.5. The zero-order valence-corrected chi connectivity index (χ0v) is 20.1. The minimum absolute atomic E-state index is 0.0481. The Labute approximate surface area is 193 Å². The first-order valence-electron chi connectivity index (χ1n) is 12.3. The lowest BCUT2D eigenvalue weighted by Gasteiger charge is -2.43. The molecule has 0 aromatic heterocycles. The second-order valence-electron chi connectivity index (χ2n) is 10.3. The molecule has 0 radical (unpaired) electrons. The third-order valence-corrected chi connectivity index (χ3v) is 7.60. The average molecular weight is 447 g/mol. The van der Waals surface area contributed by atoms with E-state index in [2.05, 4.69) is 26.8 Å². The molecule has 1 aromatic carbocycles. The molecule has 3 N–H and O–H groups in total. The lowest BCUT2D eigenvalue weighted by Crippen LogP contribution is -2.46. The molecule has 1 saturated carbocycles. The van der Waals surface area contributed by atoms with E-state index in [1.54, 1.807) is 0 Å². The van der Waals surface area contributed by atoms with Crippen LogP contribution in [0.1, 0.15) is 102 Å². The highest BCUT2D eigenvalue weighted by atomic mass is 16.3. The molecule has 3 atom stereocenters. The van der Waals surface area contributed by atoms with Crippen LogP contribution in [0.2, 0.25) is 0 Å². The smallest absolute Gasteiger partial charge is 0.133 e. The molecule has 0 heterocycles. The zero-order valence-electron chi connectivity index (χ0n) is 20.1. The molecule has 1 aliphatic carbocycles. The van der Waals surface area contributed by atoms with Crippen LogP contribution in [0.5, 0.6) is 5.75 Å². The molecule has 5 heteroatoms. The lowest BCUT2D eigenvalue weighted by molar-refractivity contribution is -0.135. The van der Waals surface area contributed by atoms with Crippen LogP contribution in [-0.2, 0) is 15.0 Å². The first kappa shape index (κ1) is 26.5. The summed E-state index contributed by atoms with van der Waals surface area (Å²) >= 11 is 0. The van der Waals surface area contributed by atoms with Gasteiger partial charge >= 0.3 is 0 Å². The number of carbonyl (C=O) groups is 2. The predicted octanol–water partition coefficient (Wildman–Crippen LogP) is 5.04.